The van der Waals surface area contributed by atoms with Crippen LogP contribution in [0, 0.1) is 0 Å². The number of likely N-dealkylation sites (tertiary alicyclic amines) is 1. The second kappa shape index (κ2) is 10.6. The average molecular weight is 408 g/mol. The van der Waals surface area contributed by atoms with Crippen LogP contribution in [0.5, 0.6) is 5.75 Å². The fourth-order valence-corrected chi connectivity index (χ4v) is 4.26. The van der Waals surface area contributed by atoms with Gasteiger partial charge in [0.25, 0.3) is 0 Å². The van der Waals surface area contributed by atoms with Gasteiger partial charge in [-0.15, -0.1) is 0 Å². The lowest BCUT2D eigenvalue weighted by molar-refractivity contribution is -0.130. The van der Waals surface area contributed by atoms with Crippen LogP contribution in [0.3, 0.4) is 0 Å². The van der Waals surface area contributed by atoms with Crippen LogP contribution in [-0.4, -0.2) is 66.4 Å². The number of amides is 1. The van der Waals surface area contributed by atoms with Gasteiger partial charge in [0, 0.05) is 45.7 Å². The molecular formula is C25H33N3O2. The van der Waals surface area contributed by atoms with Crippen molar-refractivity contribution in [1.29, 1.82) is 0 Å². The molecule has 0 aliphatic carbocycles. The number of hydrogen-bond acceptors (Lipinski definition) is 4. The summed E-state index contributed by atoms with van der Waals surface area (Å²) < 4.78 is 5.89. The molecule has 2 aliphatic rings. The van der Waals surface area contributed by atoms with Gasteiger partial charge in [-0.1, -0.05) is 42.5 Å². The number of hydrogen-bond donors (Lipinski definition) is 0. The molecule has 30 heavy (non-hydrogen) atoms. The molecule has 0 saturated carbocycles. The van der Waals surface area contributed by atoms with Gasteiger partial charge in [0.2, 0.25) is 5.91 Å². The molecule has 0 bridgehead atoms. The zero-order chi connectivity index (χ0) is 20.6. The zero-order valence-corrected chi connectivity index (χ0v) is 17.8. The number of benzene rings is 2. The second-order valence-electron chi connectivity index (χ2n) is 8.37. The van der Waals surface area contributed by atoms with Gasteiger partial charge in [0.05, 0.1) is 0 Å². The Balaban J connectivity index is 1.23. The molecule has 2 aromatic carbocycles. The van der Waals surface area contributed by atoms with Crippen molar-refractivity contribution in [2.45, 2.75) is 32.4 Å². The third kappa shape index (κ3) is 6.07. The van der Waals surface area contributed by atoms with E-state index in [1.54, 1.807) is 0 Å². The standard InChI is InChI=1S/C25H33N3O2/c29-25-12-15-27(17-19-28(25)18-16-26-13-4-5-14-26)20-22-8-10-24(11-9-22)30-21-23-6-2-1-3-7-23/h1-3,6-11H,4-5,12-21H2. The lowest BCUT2D eigenvalue weighted by Crippen LogP contribution is -2.39. The molecule has 1 amide bonds. The molecule has 2 aliphatic heterocycles. The highest BCUT2D eigenvalue weighted by Gasteiger charge is 2.22. The van der Waals surface area contributed by atoms with E-state index in [0.29, 0.717) is 18.9 Å². The van der Waals surface area contributed by atoms with Crippen LogP contribution in [0.1, 0.15) is 30.4 Å². The van der Waals surface area contributed by atoms with Crippen molar-refractivity contribution in [3.63, 3.8) is 0 Å². The number of carbonyl (C=O) groups is 1. The van der Waals surface area contributed by atoms with Gasteiger partial charge < -0.3 is 14.5 Å². The molecule has 0 unspecified atom stereocenters. The summed E-state index contributed by atoms with van der Waals surface area (Å²) in [5.41, 5.74) is 2.44. The molecule has 0 aromatic heterocycles. The Morgan fingerprint density at radius 1 is 0.733 bits per heavy atom. The predicted octanol–water partition coefficient (Wildman–Crippen LogP) is 3.40. The molecule has 2 heterocycles. The molecule has 0 N–H and O–H groups in total. The van der Waals surface area contributed by atoms with Crippen LogP contribution in [0.25, 0.3) is 0 Å². The molecule has 0 spiro atoms. The summed E-state index contributed by atoms with van der Waals surface area (Å²) in [7, 11) is 0. The second-order valence-corrected chi connectivity index (χ2v) is 8.37. The van der Waals surface area contributed by atoms with Crippen LogP contribution < -0.4 is 4.74 Å². The lowest BCUT2D eigenvalue weighted by atomic mass is 10.2. The van der Waals surface area contributed by atoms with Gasteiger partial charge in [-0.05, 0) is 49.2 Å². The number of nitrogens with zero attached hydrogens (tertiary/aromatic N) is 3. The first-order chi connectivity index (χ1) is 14.8. The van der Waals surface area contributed by atoms with E-state index >= 15 is 0 Å². The first-order valence-corrected chi connectivity index (χ1v) is 11.2. The highest BCUT2D eigenvalue weighted by Crippen LogP contribution is 2.17. The van der Waals surface area contributed by atoms with Gasteiger partial charge in [-0.2, -0.15) is 0 Å². The van der Waals surface area contributed by atoms with Gasteiger partial charge in [0.1, 0.15) is 12.4 Å². The highest BCUT2D eigenvalue weighted by atomic mass is 16.5. The predicted molar refractivity (Wildman–Crippen MR) is 119 cm³/mol. The van der Waals surface area contributed by atoms with Crippen molar-refractivity contribution in [1.82, 2.24) is 14.7 Å². The Hall–Kier alpha value is -2.37. The Bertz CT molecular complexity index is 788. The molecule has 4 rings (SSSR count). The number of ether oxygens (including phenoxy) is 1. The minimum Gasteiger partial charge on any atom is -0.489 e. The highest BCUT2D eigenvalue weighted by molar-refractivity contribution is 5.76. The first kappa shape index (κ1) is 20.9. The van der Waals surface area contributed by atoms with Crippen molar-refractivity contribution in [2.75, 3.05) is 45.8 Å². The SMILES string of the molecule is O=C1CCN(Cc2ccc(OCc3ccccc3)cc2)CCN1CCN1CCCC1. The van der Waals surface area contributed by atoms with E-state index in [4.69, 9.17) is 4.74 Å². The summed E-state index contributed by atoms with van der Waals surface area (Å²) >= 11 is 0. The van der Waals surface area contributed by atoms with Crippen LogP contribution in [0.2, 0.25) is 0 Å². The fraction of sp³-hybridized carbons (Fsp3) is 0.480. The molecular weight excluding hydrogens is 374 g/mol. The van der Waals surface area contributed by atoms with Gasteiger partial charge >= 0.3 is 0 Å². The average Bonchev–Trinajstić information content (AvgIpc) is 3.24. The molecule has 2 fully saturated rings. The summed E-state index contributed by atoms with van der Waals surface area (Å²) in [5, 5.41) is 0. The molecule has 2 aromatic rings. The van der Waals surface area contributed by atoms with Crippen molar-refractivity contribution in [2.24, 2.45) is 0 Å². The van der Waals surface area contributed by atoms with Crippen molar-refractivity contribution in [3.05, 3.63) is 65.7 Å². The third-order valence-electron chi connectivity index (χ3n) is 6.14. The minimum absolute atomic E-state index is 0.307. The number of carbonyl (C=O) groups excluding carboxylic acids is 1. The molecule has 2 saturated heterocycles. The van der Waals surface area contributed by atoms with E-state index < -0.39 is 0 Å². The maximum atomic E-state index is 12.5. The third-order valence-corrected chi connectivity index (χ3v) is 6.14. The quantitative estimate of drug-likeness (QED) is 0.672. The molecule has 0 radical (unpaired) electrons. The largest absolute Gasteiger partial charge is 0.489 e. The van der Waals surface area contributed by atoms with Crippen LogP contribution in [0.4, 0.5) is 0 Å². The van der Waals surface area contributed by atoms with E-state index in [9.17, 15) is 4.79 Å². The monoisotopic (exact) mass is 407 g/mol. The van der Waals surface area contributed by atoms with E-state index in [1.165, 1.54) is 37.1 Å². The maximum absolute atomic E-state index is 12.5. The zero-order valence-electron chi connectivity index (χ0n) is 17.8. The first-order valence-electron chi connectivity index (χ1n) is 11.2. The Labute approximate surface area is 180 Å². The fourth-order valence-electron chi connectivity index (χ4n) is 4.26. The van der Waals surface area contributed by atoms with E-state index in [-0.39, 0.29) is 0 Å². The van der Waals surface area contributed by atoms with Crippen LogP contribution in [-0.2, 0) is 17.9 Å². The normalized spacial score (nSPS) is 18.5. The molecule has 160 valence electrons. The van der Waals surface area contributed by atoms with Gasteiger partial charge in [-0.3, -0.25) is 9.69 Å². The van der Waals surface area contributed by atoms with E-state index in [2.05, 4.69) is 39.0 Å². The minimum atomic E-state index is 0.307. The van der Waals surface area contributed by atoms with Crippen molar-refractivity contribution < 1.29 is 9.53 Å². The smallest absolute Gasteiger partial charge is 0.223 e. The van der Waals surface area contributed by atoms with Gasteiger partial charge in [0.15, 0.2) is 0 Å². The Kier molecular flexibility index (Phi) is 7.38. The van der Waals surface area contributed by atoms with E-state index in [0.717, 1.165) is 45.0 Å². The Morgan fingerprint density at radius 3 is 2.27 bits per heavy atom. The summed E-state index contributed by atoms with van der Waals surface area (Å²) in [5.74, 6) is 1.20. The van der Waals surface area contributed by atoms with Crippen molar-refractivity contribution in [3.8, 4) is 5.75 Å². The summed E-state index contributed by atoms with van der Waals surface area (Å²) in [6.07, 6.45) is 3.23. The molecule has 5 nitrogen and oxygen atoms in total. The molecule has 0 atom stereocenters. The van der Waals surface area contributed by atoms with Gasteiger partial charge in [-0.25, -0.2) is 0 Å². The van der Waals surface area contributed by atoms with Crippen LogP contribution >= 0.6 is 0 Å². The molecule has 5 heteroatoms. The topological polar surface area (TPSA) is 36.0 Å². The maximum Gasteiger partial charge on any atom is 0.223 e. The summed E-state index contributed by atoms with van der Waals surface area (Å²) in [6, 6.07) is 18.6. The van der Waals surface area contributed by atoms with Crippen LogP contribution in [0.15, 0.2) is 54.6 Å². The lowest BCUT2D eigenvalue weighted by Gasteiger charge is -2.24. The Morgan fingerprint density at radius 2 is 1.50 bits per heavy atom. The summed E-state index contributed by atoms with van der Waals surface area (Å²) in [6.45, 7) is 8.37. The van der Waals surface area contributed by atoms with Crippen molar-refractivity contribution >= 4 is 5.91 Å². The summed E-state index contributed by atoms with van der Waals surface area (Å²) in [4.78, 5) is 19.5. The van der Waals surface area contributed by atoms with E-state index in [1.807, 2.05) is 30.3 Å². The number of rotatable bonds is 8.